The topological polar surface area (TPSA) is 96.0 Å². The molecule has 0 aliphatic heterocycles. The number of ketones is 1. The molecule has 0 saturated heterocycles. The van der Waals surface area contributed by atoms with Gasteiger partial charge in [0.05, 0.1) is 45.9 Å². The molecule has 8 bridgehead atoms. The number of hydrogen-bond donors (Lipinski definition) is 0. The molecule has 0 amide bonds. The van der Waals surface area contributed by atoms with Gasteiger partial charge >= 0.3 is 35.7 Å². The van der Waals surface area contributed by atoms with Crippen LogP contribution in [0, 0.1) is 47.8 Å². The first-order valence-corrected chi connectivity index (χ1v) is 48.5. The van der Waals surface area contributed by atoms with Crippen LogP contribution >= 0.6 is 0 Å². The summed E-state index contributed by atoms with van der Waals surface area (Å²) in [5, 5.41) is 0. The van der Waals surface area contributed by atoms with Crippen LogP contribution in [0.5, 0.6) is 0 Å². The first kappa shape index (κ1) is 96.0. The van der Waals surface area contributed by atoms with Gasteiger partial charge in [-0.25, -0.2) is 14.4 Å². The van der Waals surface area contributed by atoms with Gasteiger partial charge in [0, 0.05) is 38.0 Å². The standard InChI is InChI=1S/C30H39S.C21H26F2O2.2C18H15S.C13H16F2O3.C10H16F2O2/c1-28(2,3)22-10-16-25(17-11-22)31(26-18-12-23(13-19-26)29(4,5)6)27-20-14-24(15-21-27)30(7,8)9;1-14-3-5-17(6-4-14)21-10-15-7-16(11-21)9-20(8-15,12-21)13-25-18(24)19(2,22)23;2*1-4-10-16(11-5-1)19(17-12-6-2-7-13-17)18-14-8-3-9-15-18;1-12(14,15)11(17)18-13-4-7-2-8(5-13)10(16)9(3-7)6-13;1-10(11,12)9(13)14-7-8-5-3-2-4-6-8/h10-21H,1-9H3;3-6,15-16H,7-13H2,1-2H3;2*1-15H;7-9H,2-6H2,1H3;8H,2-7H2,1H3/q+1;;2*+1;;. The number of hydrogen-bond acceptors (Lipinski definition) is 7. The molecule has 9 aliphatic carbocycles. The van der Waals surface area contributed by atoms with Crippen LogP contribution in [-0.2, 0) is 87.7 Å². The van der Waals surface area contributed by atoms with Crippen molar-refractivity contribution in [2.24, 2.45) is 40.9 Å². The molecule has 0 heterocycles. The molecule has 4 unspecified atom stereocenters. The minimum atomic E-state index is -3.45. The molecule has 19 rings (SSSR count). The van der Waals surface area contributed by atoms with Gasteiger partial charge in [-0.3, -0.25) is 4.79 Å². The third kappa shape index (κ3) is 25.5. The maximum absolute atomic E-state index is 13.2. The van der Waals surface area contributed by atoms with Crippen LogP contribution in [-0.4, -0.2) is 60.3 Å². The Bertz CT molecular complexity index is 4660. The summed E-state index contributed by atoms with van der Waals surface area (Å²) in [7, 11) is -0.149. The molecule has 0 aromatic heterocycles. The Hall–Kier alpha value is -9.09. The van der Waals surface area contributed by atoms with Gasteiger partial charge in [0.1, 0.15) is 11.4 Å². The van der Waals surface area contributed by atoms with Gasteiger partial charge in [-0.1, -0.05) is 257 Å². The van der Waals surface area contributed by atoms with Crippen molar-refractivity contribution in [3.63, 3.8) is 0 Å². The van der Waals surface area contributed by atoms with Crippen LogP contribution in [0.15, 0.2) is 323 Å². The molecule has 4 atom stereocenters. The number of alkyl halides is 6. The summed E-state index contributed by atoms with van der Waals surface area (Å²) in [6.45, 7) is 24.6. The smallest absolute Gasteiger partial charge is 0.377 e. The van der Waals surface area contributed by atoms with E-state index in [2.05, 4.69) is 353 Å². The van der Waals surface area contributed by atoms with Gasteiger partial charge in [-0.05, 0) is 267 Å². The summed E-state index contributed by atoms with van der Waals surface area (Å²) in [5.74, 6) is -12.4. The maximum Gasteiger partial charge on any atom is 0.377 e. The second-order valence-corrected chi connectivity index (χ2v) is 45.5. The monoisotopic (exact) mass is 1770 g/mol. The number of carbonyl (C=O) groups is 4. The van der Waals surface area contributed by atoms with E-state index in [0.717, 1.165) is 57.8 Å². The fraction of sp³-hybridized carbons (Fsp3) is 0.418. The van der Waals surface area contributed by atoms with Crippen LogP contribution in [0.4, 0.5) is 26.3 Å². The van der Waals surface area contributed by atoms with Crippen molar-refractivity contribution < 1.29 is 59.7 Å². The van der Waals surface area contributed by atoms with E-state index in [0.29, 0.717) is 57.8 Å². The van der Waals surface area contributed by atoms with E-state index in [1.165, 1.54) is 97.6 Å². The molecule has 9 fully saturated rings. The lowest BCUT2D eigenvalue weighted by molar-refractivity contribution is -0.207. The first-order valence-electron chi connectivity index (χ1n) is 44.8. The van der Waals surface area contributed by atoms with Gasteiger partial charge in [0.25, 0.3) is 0 Å². The van der Waals surface area contributed by atoms with Crippen molar-refractivity contribution in [3.8, 4) is 0 Å². The van der Waals surface area contributed by atoms with Crippen LogP contribution in [0.25, 0.3) is 0 Å². The van der Waals surface area contributed by atoms with Crippen molar-refractivity contribution in [1.82, 2.24) is 0 Å². The second kappa shape index (κ2) is 41.1. The lowest BCUT2D eigenvalue weighted by Crippen LogP contribution is -2.57. The summed E-state index contributed by atoms with van der Waals surface area (Å²) < 4.78 is 91.8. The Kier molecular flexibility index (Phi) is 31.3. The summed E-state index contributed by atoms with van der Waals surface area (Å²) in [6, 6.07) is 101. The van der Waals surface area contributed by atoms with E-state index in [1.54, 1.807) is 0 Å². The molecule has 10 aromatic rings. The van der Waals surface area contributed by atoms with Crippen molar-refractivity contribution in [2.45, 2.75) is 282 Å². The van der Waals surface area contributed by atoms with Crippen molar-refractivity contribution >= 4 is 56.4 Å². The molecule has 9 aliphatic rings. The Morgan fingerprint density at radius 2 is 0.659 bits per heavy atom. The van der Waals surface area contributed by atoms with Crippen molar-refractivity contribution in [1.29, 1.82) is 0 Å². The number of carbonyl (C=O) groups excluding carboxylic acids is 4. The van der Waals surface area contributed by atoms with Crippen molar-refractivity contribution in [3.05, 3.63) is 307 Å². The molecule has 10 aromatic carbocycles. The van der Waals surface area contributed by atoms with E-state index in [9.17, 15) is 45.5 Å². The number of esters is 3. The van der Waals surface area contributed by atoms with E-state index >= 15 is 0 Å². The molecule has 0 spiro atoms. The second-order valence-electron chi connectivity index (χ2n) is 39.4. The zero-order chi connectivity index (χ0) is 90.5. The Morgan fingerprint density at radius 3 is 0.968 bits per heavy atom. The van der Waals surface area contributed by atoms with Crippen LogP contribution < -0.4 is 0 Å². The summed E-state index contributed by atoms with van der Waals surface area (Å²) in [5.41, 5.74) is 6.50. The van der Waals surface area contributed by atoms with E-state index in [-0.39, 0.29) is 96.5 Å². The highest BCUT2D eigenvalue weighted by Crippen LogP contribution is 2.66. The summed E-state index contributed by atoms with van der Waals surface area (Å²) in [4.78, 5) is 57.9. The number of Topliss-reactive ketones (excluding diaryl/α,β-unsaturated/α-hetero) is 1. The first-order chi connectivity index (χ1) is 59.7. The van der Waals surface area contributed by atoms with Gasteiger partial charge in [0.2, 0.25) is 0 Å². The van der Waals surface area contributed by atoms with Crippen molar-refractivity contribution in [2.75, 3.05) is 13.2 Å². The average Bonchev–Trinajstić information content (AvgIpc) is 0.717. The zero-order valence-corrected chi connectivity index (χ0v) is 78.0. The van der Waals surface area contributed by atoms with Crippen LogP contribution in [0.1, 0.15) is 214 Å². The lowest BCUT2D eigenvalue weighted by Gasteiger charge is -2.62. The van der Waals surface area contributed by atoms with Gasteiger partial charge in [-0.2, -0.15) is 26.3 Å². The normalized spacial score (nSPS) is 21.8. The molecule has 7 nitrogen and oxygen atoms in total. The lowest BCUT2D eigenvalue weighted by atomic mass is 9.43. The Balaban J connectivity index is 0.000000140. The third-order valence-corrected chi connectivity index (χ3v) is 32.3. The maximum atomic E-state index is 13.2. The molecule has 9 saturated carbocycles. The SMILES string of the molecule is CC(C)(C)c1ccc([S+](c2ccc(C(C)(C)C)cc2)c2ccc(C(C)(C)C)cc2)cc1.CC(F)(F)C(=O)OC12CC3CC(C1)C(=O)C(C3)C2.CC(F)(F)C(=O)OCC1CCCCC1.Cc1ccc(C23CC4CC(CC(COC(=O)C(C)(F)F)(C4)C2)C3)cc1.c1ccc([S+](c2ccccc2)c2ccccc2)cc1.c1ccc([S+](c2ccccc2)c2ccccc2)cc1. The summed E-state index contributed by atoms with van der Waals surface area (Å²) in [6.07, 6.45) is 15.2. The zero-order valence-electron chi connectivity index (χ0n) is 75.6. The highest BCUT2D eigenvalue weighted by Gasteiger charge is 2.60. The van der Waals surface area contributed by atoms with Crippen LogP contribution in [0.3, 0.4) is 0 Å². The number of aryl methyl sites for hydroxylation is 1. The molecule has 16 heteroatoms. The predicted molar refractivity (Wildman–Crippen MR) is 498 cm³/mol. The highest BCUT2D eigenvalue weighted by molar-refractivity contribution is 7.97. The molecule has 0 radical (unpaired) electrons. The molecular formula is C110H127F6O7S3+3. The average molecular weight is 1770 g/mol. The van der Waals surface area contributed by atoms with Gasteiger partial charge in [-0.15, -0.1) is 0 Å². The molecule has 0 N–H and O–H groups in total. The number of benzene rings is 10. The molecular weight excluding hydrogens is 1640 g/mol. The Labute approximate surface area is 753 Å². The van der Waals surface area contributed by atoms with Gasteiger partial charge < -0.3 is 14.2 Å². The largest absolute Gasteiger partial charge is 0.461 e. The minimum Gasteiger partial charge on any atom is -0.461 e. The molecule has 126 heavy (non-hydrogen) atoms. The quantitative estimate of drug-likeness (QED) is 0.0365. The van der Waals surface area contributed by atoms with E-state index in [1.807, 2.05) is 0 Å². The molecule has 666 valence electrons. The minimum absolute atomic E-state index is 0.0146. The highest BCUT2D eigenvalue weighted by atomic mass is 32.2. The van der Waals surface area contributed by atoms with E-state index in [4.69, 9.17) is 9.47 Å². The summed E-state index contributed by atoms with van der Waals surface area (Å²) >= 11 is 0. The predicted octanol–water partition coefficient (Wildman–Crippen LogP) is 28.4. The van der Waals surface area contributed by atoms with Crippen LogP contribution in [0.2, 0.25) is 0 Å². The Morgan fingerprint density at radius 1 is 0.349 bits per heavy atom. The number of rotatable bonds is 18. The van der Waals surface area contributed by atoms with Gasteiger partial charge in [0.15, 0.2) is 44.1 Å². The number of ether oxygens (including phenoxy) is 3. The fourth-order valence-corrected chi connectivity index (χ4v) is 26.1. The fourth-order valence-electron chi connectivity index (χ4n) is 19.8. The van der Waals surface area contributed by atoms with E-state index < -0.39 is 41.3 Å². The number of halogens is 6. The third-order valence-electron chi connectivity index (χ3n) is 25.6.